The van der Waals surface area contributed by atoms with Gasteiger partial charge in [0.05, 0.1) is 11.2 Å². The predicted octanol–water partition coefficient (Wildman–Crippen LogP) is 2.59. The molecule has 0 atom stereocenters. The molecule has 0 bridgehead atoms. The van der Waals surface area contributed by atoms with Gasteiger partial charge in [-0.3, -0.25) is 0 Å². The molecule has 2 nitrogen and oxygen atoms in total. The Balaban J connectivity index is 2.14. The van der Waals surface area contributed by atoms with E-state index in [0.29, 0.717) is 0 Å². The van der Waals surface area contributed by atoms with Crippen LogP contribution in [-0.4, -0.2) is 29.4 Å². The molecule has 0 fully saturated rings. The number of alkyl halides is 1. The Bertz CT molecular complexity index is 213. The number of nitrogens with zero attached hydrogens (tertiary/aromatic N) is 2. The maximum absolute atomic E-state index is 5.60. The van der Waals surface area contributed by atoms with Gasteiger partial charge in [-0.1, -0.05) is 0 Å². The maximum atomic E-state index is 5.60. The fraction of sp³-hybridized carbons (Fsp3) is 0.667. The molecule has 1 aromatic rings. The number of aromatic nitrogens is 1. The van der Waals surface area contributed by atoms with Crippen LogP contribution in [0.2, 0.25) is 0 Å². The van der Waals surface area contributed by atoms with Crippen LogP contribution in [0.15, 0.2) is 10.9 Å². The number of hydrogen-bond acceptors (Lipinski definition) is 3. The van der Waals surface area contributed by atoms with E-state index >= 15 is 0 Å². The quantitative estimate of drug-likeness (QED) is 0.539. The highest BCUT2D eigenvalue weighted by Gasteiger charge is 2.00. The Labute approximate surface area is 88.5 Å². The maximum Gasteiger partial charge on any atom is 0.0795 e. The molecule has 74 valence electrons. The minimum absolute atomic E-state index is 0.768. The standard InChI is InChI=1S/C9H15ClN2S/c1-12(5-3-2-4-10)6-9-7-13-8-11-9/h7-8H,2-6H2,1H3. The molecule has 0 unspecified atom stereocenters. The van der Waals surface area contributed by atoms with Crippen molar-refractivity contribution in [2.24, 2.45) is 0 Å². The Morgan fingerprint density at radius 2 is 2.38 bits per heavy atom. The van der Waals surface area contributed by atoms with Crippen LogP contribution in [-0.2, 0) is 6.54 Å². The van der Waals surface area contributed by atoms with E-state index in [1.165, 1.54) is 12.1 Å². The third-order valence-corrected chi connectivity index (χ3v) is 2.74. The summed E-state index contributed by atoms with van der Waals surface area (Å²) in [5, 5.41) is 2.10. The topological polar surface area (TPSA) is 16.1 Å². The molecular formula is C9H15ClN2S. The van der Waals surface area contributed by atoms with E-state index < -0.39 is 0 Å². The molecule has 0 aromatic carbocycles. The second-order valence-electron chi connectivity index (χ2n) is 3.11. The fourth-order valence-electron chi connectivity index (χ4n) is 1.15. The van der Waals surface area contributed by atoms with Gasteiger partial charge in [-0.2, -0.15) is 0 Å². The average molecular weight is 219 g/mol. The van der Waals surface area contributed by atoms with E-state index in [-0.39, 0.29) is 0 Å². The molecule has 0 radical (unpaired) electrons. The first-order chi connectivity index (χ1) is 6.33. The van der Waals surface area contributed by atoms with Crippen LogP contribution in [0.25, 0.3) is 0 Å². The molecule has 1 rings (SSSR count). The Kier molecular flexibility index (Phi) is 5.35. The predicted molar refractivity (Wildman–Crippen MR) is 58.4 cm³/mol. The van der Waals surface area contributed by atoms with Gasteiger partial charge in [0.1, 0.15) is 0 Å². The molecule has 1 heterocycles. The number of rotatable bonds is 6. The first kappa shape index (κ1) is 11.0. The minimum Gasteiger partial charge on any atom is -0.301 e. The zero-order valence-corrected chi connectivity index (χ0v) is 9.44. The highest BCUT2D eigenvalue weighted by molar-refractivity contribution is 7.07. The lowest BCUT2D eigenvalue weighted by Crippen LogP contribution is -2.19. The average Bonchev–Trinajstić information content (AvgIpc) is 2.57. The Hall–Kier alpha value is -0.120. The fourth-order valence-corrected chi connectivity index (χ4v) is 1.89. The minimum atomic E-state index is 0.768. The van der Waals surface area contributed by atoms with Gasteiger partial charge < -0.3 is 4.90 Å². The van der Waals surface area contributed by atoms with Crippen LogP contribution in [0.5, 0.6) is 0 Å². The molecule has 13 heavy (non-hydrogen) atoms. The molecule has 0 amide bonds. The van der Waals surface area contributed by atoms with Gasteiger partial charge in [-0.25, -0.2) is 4.98 Å². The third-order valence-electron chi connectivity index (χ3n) is 1.84. The van der Waals surface area contributed by atoms with Crippen LogP contribution in [0, 0.1) is 0 Å². The van der Waals surface area contributed by atoms with Crippen LogP contribution < -0.4 is 0 Å². The summed E-state index contributed by atoms with van der Waals surface area (Å²) in [6.07, 6.45) is 2.27. The van der Waals surface area contributed by atoms with Crippen molar-refractivity contribution in [3.63, 3.8) is 0 Å². The van der Waals surface area contributed by atoms with E-state index in [9.17, 15) is 0 Å². The van der Waals surface area contributed by atoms with Gasteiger partial charge in [0.2, 0.25) is 0 Å². The van der Waals surface area contributed by atoms with E-state index in [0.717, 1.165) is 25.4 Å². The number of hydrogen-bond donors (Lipinski definition) is 0. The zero-order valence-electron chi connectivity index (χ0n) is 7.87. The molecular weight excluding hydrogens is 204 g/mol. The number of thiazole rings is 1. The molecule has 4 heteroatoms. The van der Waals surface area contributed by atoms with Gasteiger partial charge in [0, 0.05) is 17.8 Å². The largest absolute Gasteiger partial charge is 0.301 e. The monoisotopic (exact) mass is 218 g/mol. The highest BCUT2D eigenvalue weighted by atomic mass is 35.5. The highest BCUT2D eigenvalue weighted by Crippen LogP contribution is 2.04. The van der Waals surface area contributed by atoms with Gasteiger partial charge in [-0.15, -0.1) is 22.9 Å². The molecule has 0 spiro atoms. The summed E-state index contributed by atoms with van der Waals surface area (Å²) in [5.74, 6) is 0.768. The summed E-state index contributed by atoms with van der Waals surface area (Å²) in [5.41, 5.74) is 3.04. The van der Waals surface area contributed by atoms with Crippen molar-refractivity contribution >= 4 is 22.9 Å². The molecule has 0 N–H and O–H groups in total. The molecule has 0 saturated heterocycles. The summed E-state index contributed by atoms with van der Waals surface area (Å²) in [6, 6.07) is 0. The van der Waals surface area contributed by atoms with E-state index in [4.69, 9.17) is 11.6 Å². The van der Waals surface area contributed by atoms with Crippen molar-refractivity contribution in [1.29, 1.82) is 0 Å². The zero-order chi connectivity index (χ0) is 9.52. The van der Waals surface area contributed by atoms with Crippen molar-refractivity contribution in [3.05, 3.63) is 16.6 Å². The first-order valence-electron chi connectivity index (χ1n) is 4.44. The summed E-state index contributed by atoms with van der Waals surface area (Å²) < 4.78 is 0. The number of unbranched alkanes of at least 4 members (excludes halogenated alkanes) is 1. The third kappa shape index (κ3) is 4.60. The van der Waals surface area contributed by atoms with Gasteiger partial charge in [0.15, 0.2) is 0 Å². The summed E-state index contributed by atoms with van der Waals surface area (Å²) in [4.78, 5) is 6.51. The lowest BCUT2D eigenvalue weighted by atomic mass is 10.3. The summed E-state index contributed by atoms with van der Waals surface area (Å²) in [7, 11) is 2.12. The normalized spacial score (nSPS) is 11.0. The SMILES string of the molecule is CN(CCCCCl)Cc1cscn1. The molecule has 1 aromatic heterocycles. The molecule has 0 aliphatic rings. The molecule has 0 saturated carbocycles. The van der Waals surface area contributed by atoms with E-state index in [1.54, 1.807) is 11.3 Å². The van der Waals surface area contributed by atoms with Crippen molar-refractivity contribution < 1.29 is 0 Å². The van der Waals surface area contributed by atoms with Crippen molar-refractivity contribution in [2.75, 3.05) is 19.5 Å². The lowest BCUT2D eigenvalue weighted by molar-refractivity contribution is 0.318. The molecule has 0 aliphatic heterocycles. The van der Waals surface area contributed by atoms with Gasteiger partial charge in [-0.05, 0) is 26.4 Å². The number of halogens is 1. The van der Waals surface area contributed by atoms with Crippen molar-refractivity contribution in [1.82, 2.24) is 9.88 Å². The first-order valence-corrected chi connectivity index (χ1v) is 5.92. The van der Waals surface area contributed by atoms with Gasteiger partial charge >= 0.3 is 0 Å². The summed E-state index contributed by atoms with van der Waals surface area (Å²) >= 11 is 7.25. The van der Waals surface area contributed by atoms with Crippen LogP contribution in [0.1, 0.15) is 18.5 Å². The van der Waals surface area contributed by atoms with E-state index in [2.05, 4.69) is 22.3 Å². The second-order valence-corrected chi connectivity index (χ2v) is 4.21. The smallest absolute Gasteiger partial charge is 0.0795 e. The van der Waals surface area contributed by atoms with Crippen molar-refractivity contribution in [3.8, 4) is 0 Å². The molecule has 0 aliphatic carbocycles. The van der Waals surface area contributed by atoms with Crippen molar-refractivity contribution in [2.45, 2.75) is 19.4 Å². The Morgan fingerprint density at radius 3 is 3.00 bits per heavy atom. The Morgan fingerprint density at radius 1 is 1.54 bits per heavy atom. The van der Waals surface area contributed by atoms with Gasteiger partial charge in [0.25, 0.3) is 0 Å². The second kappa shape index (κ2) is 6.35. The van der Waals surface area contributed by atoms with Crippen LogP contribution in [0.3, 0.4) is 0 Å². The summed E-state index contributed by atoms with van der Waals surface area (Å²) in [6.45, 7) is 2.05. The van der Waals surface area contributed by atoms with Crippen LogP contribution in [0.4, 0.5) is 0 Å². The van der Waals surface area contributed by atoms with Crippen LogP contribution >= 0.6 is 22.9 Å². The lowest BCUT2D eigenvalue weighted by Gasteiger charge is -2.14. The van der Waals surface area contributed by atoms with E-state index in [1.807, 2.05) is 5.51 Å².